The number of rotatable bonds is 6. The van der Waals surface area contributed by atoms with Gasteiger partial charge >= 0.3 is 0 Å². The van der Waals surface area contributed by atoms with Crippen LogP contribution >= 0.6 is 0 Å². The van der Waals surface area contributed by atoms with Crippen molar-refractivity contribution in [3.63, 3.8) is 0 Å². The number of carbonyl (C=O) groups is 1. The molecule has 1 aliphatic rings. The maximum absolute atomic E-state index is 12.5. The van der Waals surface area contributed by atoms with Gasteiger partial charge in [-0.25, -0.2) is 0 Å². The fourth-order valence-electron chi connectivity index (χ4n) is 3.17. The molecule has 3 rings (SSSR count). The highest BCUT2D eigenvalue weighted by Crippen LogP contribution is 2.35. The second-order valence-electron chi connectivity index (χ2n) is 5.98. The van der Waals surface area contributed by atoms with Crippen molar-refractivity contribution >= 4 is 11.9 Å². The Morgan fingerprint density at radius 2 is 1.56 bits per heavy atom. The number of allylic oxidation sites excluding steroid dienone is 1. The topological polar surface area (TPSA) is 44.8 Å². The maximum Gasteiger partial charge on any atom is 0.185 e. The average molecular weight is 338 g/mol. The van der Waals surface area contributed by atoms with Crippen LogP contribution in [0, 0.1) is 0 Å². The van der Waals surface area contributed by atoms with Gasteiger partial charge in [0.15, 0.2) is 17.3 Å². The summed E-state index contributed by atoms with van der Waals surface area (Å²) in [5.41, 5.74) is 4.14. The molecule has 25 heavy (non-hydrogen) atoms. The molecule has 0 saturated carbocycles. The van der Waals surface area contributed by atoms with E-state index < -0.39 is 0 Å². The van der Waals surface area contributed by atoms with Crippen LogP contribution in [0.3, 0.4) is 0 Å². The van der Waals surface area contributed by atoms with Gasteiger partial charge in [0.2, 0.25) is 0 Å². The zero-order valence-corrected chi connectivity index (χ0v) is 14.8. The fourth-order valence-corrected chi connectivity index (χ4v) is 3.17. The second-order valence-corrected chi connectivity index (χ2v) is 5.98. The molecule has 0 spiro atoms. The van der Waals surface area contributed by atoms with E-state index in [0.717, 1.165) is 24.0 Å². The molecule has 0 radical (unpaired) electrons. The Kier molecular flexibility index (Phi) is 5.08. The minimum Gasteiger partial charge on any atom is -0.496 e. The van der Waals surface area contributed by atoms with Crippen LogP contribution in [0.5, 0.6) is 17.2 Å². The van der Waals surface area contributed by atoms with Crippen molar-refractivity contribution in [2.75, 3.05) is 21.3 Å². The van der Waals surface area contributed by atoms with Gasteiger partial charge in [0.1, 0.15) is 5.75 Å². The number of benzene rings is 2. The Balaban J connectivity index is 1.87. The Labute approximate surface area is 148 Å². The van der Waals surface area contributed by atoms with Crippen LogP contribution in [0.25, 0.3) is 6.08 Å². The van der Waals surface area contributed by atoms with E-state index in [1.807, 2.05) is 12.1 Å². The van der Waals surface area contributed by atoms with E-state index in [9.17, 15) is 4.79 Å². The molecule has 0 amide bonds. The molecule has 4 heteroatoms. The first-order chi connectivity index (χ1) is 12.2. The molecule has 4 nitrogen and oxygen atoms in total. The lowest BCUT2D eigenvalue weighted by molar-refractivity contribution is 0.104. The third-order valence-electron chi connectivity index (χ3n) is 4.53. The number of aryl methyl sites for hydroxylation is 2. The van der Waals surface area contributed by atoms with Crippen LogP contribution in [-0.4, -0.2) is 27.1 Å². The summed E-state index contributed by atoms with van der Waals surface area (Å²) in [6, 6.07) is 9.53. The predicted molar refractivity (Wildman–Crippen MR) is 97.9 cm³/mol. The second kappa shape index (κ2) is 7.43. The summed E-state index contributed by atoms with van der Waals surface area (Å²) < 4.78 is 16.0. The molecule has 0 unspecified atom stereocenters. The molecular weight excluding hydrogens is 316 g/mol. The minimum atomic E-state index is -0.0217. The Morgan fingerprint density at radius 1 is 0.880 bits per heavy atom. The number of hydrogen-bond acceptors (Lipinski definition) is 4. The van der Waals surface area contributed by atoms with Crippen LogP contribution in [0.15, 0.2) is 36.4 Å². The van der Waals surface area contributed by atoms with Gasteiger partial charge < -0.3 is 14.2 Å². The van der Waals surface area contributed by atoms with Gasteiger partial charge in [-0.15, -0.1) is 0 Å². The number of carbonyl (C=O) groups excluding carboxylic acids is 1. The number of fused-ring (bicyclic) bond motifs is 1. The molecule has 0 N–H and O–H groups in total. The van der Waals surface area contributed by atoms with E-state index in [1.54, 1.807) is 45.6 Å². The van der Waals surface area contributed by atoms with Crippen LogP contribution in [0.4, 0.5) is 0 Å². The highest BCUT2D eigenvalue weighted by Gasteiger charge is 2.14. The normalized spacial score (nSPS) is 12.9. The van der Waals surface area contributed by atoms with Gasteiger partial charge in [0, 0.05) is 17.2 Å². The van der Waals surface area contributed by atoms with E-state index in [2.05, 4.69) is 6.07 Å². The van der Waals surface area contributed by atoms with Gasteiger partial charge in [0.05, 0.1) is 21.3 Å². The van der Waals surface area contributed by atoms with Crippen molar-refractivity contribution in [1.82, 2.24) is 0 Å². The predicted octanol–water partition coefficient (Wildman–Crippen LogP) is 4.10. The summed E-state index contributed by atoms with van der Waals surface area (Å²) in [5, 5.41) is 0. The Hall–Kier alpha value is -2.75. The maximum atomic E-state index is 12.5. The zero-order valence-electron chi connectivity index (χ0n) is 14.8. The zero-order chi connectivity index (χ0) is 17.8. The van der Waals surface area contributed by atoms with E-state index in [4.69, 9.17) is 14.2 Å². The van der Waals surface area contributed by atoms with Crippen LogP contribution in [0.2, 0.25) is 0 Å². The largest absolute Gasteiger partial charge is 0.496 e. The van der Waals surface area contributed by atoms with Crippen molar-refractivity contribution in [1.29, 1.82) is 0 Å². The summed E-state index contributed by atoms with van der Waals surface area (Å²) in [5.74, 6) is 1.77. The monoisotopic (exact) mass is 338 g/mol. The molecule has 0 bridgehead atoms. The Morgan fingerprint density at radius 3 is 2.28 bits per heavy atom. The van der Waals surface area contributed by atoms with Gasteiger partial charge in [-0.05, 0) is 54.7 Å². The molecule has 1 aliphatic carbocycles. The van der Waals surface area contributed by atoms with Crippen molar-refractivity contribution in [3.05, 3.63) is 58.7 Å². The van der Waals surface area contributed by atoms with Crippen molar-refractivity contribution in [3.8, 4) is 17.2 Å². The van der Waals surface area contributed by atoms with E-state index in [-0.39, 0.29) is 5.78 Å². The third kappa shape index (κ3) is 3.53. The molecule has 0 atom stereocenters. The quantitative estimate of drug-likeness (QED) is 0.588. The lowest BCUT2D eigenvalue weighted by Gasteiger charge is -2.12. The lowest BCUT2D eigenvalue weighted by atomic mass is 10.0. The summed E-state index contributed by atoms with van der Waals surface area (Å²) in [6.07, 6.45) is 6.66. The highest BCUT2D eigenvalue weighted by molar-refractivity contribution is 6.07. The van der Waals surface area contributed by atoms with E-state index in [1.165, 1.54) is 17.5 Å². The number of ketones is 1. The molecule has 0 aliphatic heterocycles. The number of methoxy groups -OCH3 is 3. The minimum absolute atomic E-state index is 0.0217. The van der Waals surface area contributed by atoms with Gasteiger partial charge in [-0.1, -0.05) is 12.1 Å². The molecule has 0 saturated heterocycles. The first-order valence-electron chi connectivity index (χ1n) is 8.30. The molecule has 2 aromatic rings. The summed E-state index contributed by atoms with van der Waals surface area (Å²) in [4.78, 5) is 12.5. The summed E-state index contributed by atoms with van der Waals surface area (Å²) >= 11 is 0. The standard InChI is InChI=1S/C21H22O4/c1-23-19-13-21(25-3)20(24-2)12-17(19)9-10-18(22)16-8-7-14-5-4-6-15(14)11-16/h7-13H,4-6H2,1-3H3. The van der Waals surface area contributed by atoms with Gasteiger partial charge in [0.25, 0.3) is 0 Å². The van der Waals surface area contributed by atoms with Crippen LogP contribution in [0.1, 0.15) is 33.5 Å². The first-order valence-corrected chi connectivity index (χ1v) is 8.30. The Bertz CT molecular complexity index is 821. The SMILES string of the molecule is COc1cc(OC)c(OC)cc1C=CC(=O)c1ccc2c(c1)CCC2. The average Bonchev–Trinajstić information content (AvgIpc) is 3.12. The van der Waals surface area contributed by atoms with E-state index in [0.29, 0.717) is 17.2 Å². The summed E-state index contributed by atoms with van der Waals surface area (Å²) in [7, 11) is 4.73. The first kappa shape index (κ1) is 17.1. The molecule has 0 fully saturated rings. The van der Waals surface area contributed by atoms with Crippen molar-refractivity contribution < 1.29 is 19.0 Å². The van der Waals surface area contributed by atoms with Gasteiger partial charge in [-0.3, -0.25) is 4.79 Å². The third-order valence-corrected chi connectivity index (χ3v) is 4.53. The molecule has 0 aromatic heterocycles. The molecule has 130 valence electrons. The van der Waals surface area contributed by atoms with Crippen molar-refractivity contribution in [2.24, 2.45) is 0 Å². The van der Waals surface area contributed by atoms with Crippen LogP contribution in [-0.2, 0) is 12.8 Å². The highest BCUT2D eigenvalue weighted by atomic mass is 16.5. The lowest BCUT2D eigenvalue weighted by Crippen LogP contribution is -1.97. The smallest absolute Gasteiger partial charge is 0.185 e. The molecule has 0 heterocycles. The van der Waals surface area contributed by atoms with Gasteiger partial charge in [-0.2, -0.15) is 0 Å². The summed E-state index contributed by atoms with van der Waals surface area (Å²) in [6.45, 7) is 0. The fraction of sp³-hybridized carbons (Fsp3) is 0.286. The van der Waals surface area contributed by atoms with Crippen molar-refractivity contribution in [2.45, 2.75) is 19.3 Å². The number of hydrogen-bond donors (Lipinski definition) is 0. The van der Waals surface area contributed by atoms with E-state index >= 15 is 0 Å². The molecular formula is C21H22O4. The number of ether oxygens (including phenoxy) is 3. The van der Waals surface area contributed by atoms with Crippen LogP contribution < -0.4 is 14.2 Å². The molecule has 2 aromatic carbocycles.